The van der Waals surface area contributed by atoms with Gasteiger partial charge in [-0.25, -0.2) is 4.79 Å². The van der Waals surface area contributed by atoms with Gasteiger partial charge in [0.1, 0.15) is 5.60 Å². The second-order valence-corrected chi connectivity index (χ2v) is 5.63. The molecule has 0 aromatic carbocycles. The molecule has 1 rings (SSSR count). The van der Waals surface area contributed by atoms with E-state index in [9.17, 15) is 4.79 Å². The largest absolute Gasteiger partial charge is 0.444 e. The Morgan fingerprint density at radius 2 is 2.17 bits per heavy atom. The quantitative estimate of drug-likeness (QED) is 0.761. The summed E-state index contributed by atoms with van der Waals surface area (Å²) < 4.78 is 10.6. The number of hydrogen-bond acceptors (Lipinski definition) is 4. The normalized spacial score (nSPS) is 21.0. The molecule has 1 saturated heterocycles. The monoisotopic (exact) mass is 258 g/mol. The molecule has 1 aliphatic rings. The number of ether oxygens (including phenoxy) is 2. The number of amides is 1. The first-order chi connectivity index (χ1) is 8.40. The summed E-state index contributed by atoms with van der Waals surface area (Å²) in [6.07, 6.45) is 0.657. The highest BCUT2D eigenvalue weighted by Gasteiger charge is 2.25. The number of nitrogens with zero attached hydrogens (tertiary/aromatic N) is 1. The van der Waals surface area contributed by atoms with Crippen LogP contribution in [0.15, 0.2) is 0 Å². The molecule has 0 radical (unpaired) electrons. The maximum Gasteiger partial charge on any atom is 0.407 e. The SMILES string of the molecule is CCOCCN1CCC(NC(=O)OC(C)(C)C)C1. The van der Waals surface area contributed by atoms with Gasteiger partial charge >= 0.3 is 6.09 Å². The Kier molecular flexibility index (Phi) is 5.88. The minimum absolute atomic E-state index is 0.196. The molecule has 1 heterocycles. The van der Waals surface area contributed by atoms with E-state index in [2.05, 4.69) is 10.2 Å². The van der Waals surface area contributed by atoms with Crippen LogP contribution in [0.3, 0.4) is 0 Å². The van der Waals surface area contributed by atoms with Crippen molar-refractivity contribution < 1.29 is 14.3 Å². The summed E-state index contributed by atoms with van der Waals surface area (Å²) in [5.74, 6) is 0. The number of alkyl carbamates (subject to hydrolysis) is 1. The molecule has 18 heavy (non-hydrogen) atoms. The van der Waals surface area contributed by atoms with E-state index in [1.165, 1.54) is 0 Å². The zero-order valence-electron chi connectivity index (χ0n) is 12.0. The highest BCUT2D eigenvalue weighted by molar-refractivity contribution is 5.68. The first kappa shape index (κ1) is 15.2. The lowest BCUT2D eigenvalue weighted by Crippen LogP contribution is -2.40. The van der Waals surface area contributed by atoms with Gasteiger partial charge in [0.15, 0.2) is 0 Å². The lowest BCUT2D eigenvalue weighted by Gasteiger charge is -2.22. The van der Waals surface area contributed by atoms with Crippen molar-refractivity contribution in [2.24, 2.45) is 0 Å². The van der Waals surface area contributed by atoms with Gasteiger partial charge in [0.25, 0.3) is 0 Å². The first-order valence-electron chi connectivity index (χ1n) is 6.70. The van der Waals surface area contributed by atoms with E-state index in [0.29, 0.717) is 0 Å². The van der Waals surface area contributed by atoms with Crippen LogP contribution in [0.25, 0.3) is 0 Å². The summed E-state index contributed by atoms with van der Waals surface area (Å²) in [6, 6.07) is 0.196. The van der Waals surface area contributed by atoms with Crippen molar-refractivity contribution in [2.45, 2.75) is 45.8 Å². The van der Waals surface area contributed by atoms with Crippen LogP contribution < -0.4 is 5.32 Å². The van der Waals surface area contributed by atoms with Crippen LogP contribution in [-0.4, -0.2) is 55.5 Å². The minimum atomic E-state index is -0.433. The second kappa shape index (κ2) is 6.95. The average molecular weight is 258 g/mol. The van der Waals surface area contributed by atoms with Crippen LogP contribution in [0, 0.1) is 0 Å². The fourth-order valence-electron chi connectivity index (χ4n) is 1.97. The zero-order chi connectivity index (χ0) is 13.6. The standard InChI is InChI=1S/C13H26N2O3/c1-5-17-9-8-15-7-6-11(10-15)14-12(16)18-13(2,3)4/h11H,5-10H2,1-4H3,(H,14,16). The van der Waals surface area contributed by atoms with Gasteiger partial charge in [-0.1, -0.05) is 0 Å². The Morgan fingerprint density at radius 3 is 2.78 bits per heavy atom. The molecule has 1 fully saturated rings. The molecule has 5 heteroatoms. The fraction of sp³-hybridized carbons (Fsp3) is 0.923. The maximum atomic E-state index is 11.6. The molecule has 1 N–H and O–H groups in total. The lowest BCUT2D eigenvalue weighted by atomic mass is 10.2. The van der Waals surface area contributed by atoms with Crippen molar-refractivity contribution in [3.8, 4) is 0 Å². The average Bonchev–Trinajstić information content (AvgIpc) is 2.63. The van der Waals surface area contributed by atoms with Crippen molar-refractivity contribution >= 4 is 6.09 Å². The van der Waals surface area contributed by atoms with Gasteiger partial charge in [0.05, 0.1) is 6.61 Å². The summed E-state index contributed by atoms with van der Waals surface area (Å²) in [5.41, 5.74) is -0.433. The van der Waals surface area contributed by atoms with E-state index < -0.39 is 5.60 Å². The van der Waals surface area contributed by atoms with Crippen LogP contribution in [0.1, 0.15) is 34.1 Å². The molecule has 5 nitrogen and oxygen atoms in total. The van der Waals surface area contributed by atoms with E-state index in [0.717, 1.165) is 39.3 Å². The third-order valence-electron chi connectivity index (χ3n) is 2.75. The summed E-state index contributed by atoms with van der Waals surface area (Å²) in [5, 5.41) is 2.91. The molecular formula is C13H26N2O3. The van der Waals surface area contributed by atoms with Gasteiger partial charge in [-0.05, 0) is 34.1 Å². The summed E-state index contributed by atoms with van der Waals surface area (Å²) >= 11 is 0. The zero-order valence-corrected chi connectivity index (χ0v) is 12.0. The summed E-state index contributed by atoms with van der Waals surface area (Å²) in [4.78, 5) is 13.9. The summed E-state index contributed by atoms with van der Waals surface area (Å²) in [6.45, 7) is 11.9. The third-order valence-corrected chi connectivity index (χ3v) is 2.75. The smallest absolute Gasteiger partial charge is 0.407 e. The Bertz CT molecular complexity index is 263. The van der Waals surface area contributed by atoms with Crippen LogP contribution >= 0.6 is 0 Å². The van der Waals surface area contributed by atoms with Gasteiger partial charge < -0.3 is 14.8 Å². The van der Waals surface area contributed by atoms with Gasteiger partial charge in [-0.3, -0.25) is 4.90 Å². The number of rotatable bonds is 5. The maximum absolute atomic E-state index is 11.6. The van der Waals surface area contributed by atoms with Crippen molar-refractivity contribution in [2.75, 3.05) is 32.8 Å². The van der Waals surface area contributed by atoms with Crippen LogP contribution in [0.5, 0.6) is 0 Å². The molecule has 0 aromatic rings. The van der Waals surface area contributed by atoms with Crippen LogP contribution in [-0.2, 0) is 9.47 Å². The first-order valence-corrected chi connectivity index (χ1v) is 6.70. The molecule has 1 aliphatic heterocycles. The molecule has 1 unspecified atom stereocenters. The van der Waals surface area contributed by atoms with Crippen molar-refractivity contribution in [1.82, 2.24) is 10.2 Å². The van der Waals surface area contributed by atoms with Crippen LogP contribution in [0.4, 0.5) is 4.79 Å². The highest BCUT2D eigenvalue weighted by atomic mass is 16.6. The number of carbonyl (C=O) groups is 1. The molecule has 0 bridgehead atoms. The third kappa shape index (κ3) is 6.21. The van der Waals surface area contributed by atoms with Gasteiger partial charge in [0, 0.05) is 32.3 Å². The van der Waals surface area contributed by atoms with Gasteiger partial charge in [-0.15, -0.1) is 0 Å². The topological polar surface area (TPSA) is 50.8 Å². The Hall–Kier alpha value is -0.810. The summed E-state index contributed by atoms with van der Waals surface area (Å²) in [7, 11) is 0. The highest BCUT2D eigenvalue weighted by Crippen LogP contribution is 2.11. The molecule has 0 aliphatic carbocycles. The molecule has 0 aromatic heterocycles. The lowest BCUT2D eigenvalue weighted by molar-refractivity contribution is 0.0505. The Morgan fingerprint density at radius 1 is 1.44 bits per heavy atom. The molecule has 0 saturated carbocycles. The predicted octanol–water partition coefficient (Wildman–Crippen LogP) is 1.62. The number of likely N-dealkylation sites (tertiary alicyclic amines) is 1. The Labute approximate surface area is 110 Å². The number of carbonyl (C=O) groups excluding carboxylic acids is 1. The molecular weight excluding hydrogens is 232 g/mol. The van der Waals surface area contributed by atoms with Gasteiger partial charge in [0.2, 0.25) is 0 Å². The second-order valence-electron chi connectivity index (χ2n) is 5.63. The van der Waals surface area contributed by atoms with Gasteiger partial charge in [-0.2, -0.15) is 0 Å². The minimum Gasteiger partial charge on any atom is -0.444 e. The molecule has 106 valence electrons. The van der Waals surface area contributed by atoms with E-state index in [-0.39, 0.29) is 12.1 Å². The van der Waals surface area contributed by atoms with Crippen LogP contribution in [0.2, 0.25) is 0 Å². The number of nitrogens with one attached hydrogen (secondary N) is 1. The Balaban J connectivity index is 2.19. The van der Waals surface area contributed by atoms with E-state index in [1.807, 2.05) is 27.7 Å². The predicted molar refractivity (Wildman–Crippen MR) is 70.7 cm³/mol. The van der Waals surface area contributed by atoms with Crippen molar-refractivity contribution in [3.63, 3.8) is 0 Å². The number of hydrogen-bond donors (Lipinski definition) is 1. The van der Waals surface area contributed by atoms with E-state index in [4.69, 9.17) is 9.47 Å². The van der Waals surface area contributed by atoms with E-state index in [1.54, 1.807) is 0 Å². The molecule has 1 atom stereocenters. The van der Waals surface area contributed by atoms with Crippen molar-refractivity contribution in [1.29, 1.82) is 0 Å². The van der Waals surface area contributed by atoms with E-state index >= 15 is 0 Å². The molecule has 1 amide bonds. The van der Waals surface area contributed by atoms with Crippen molar-refractivity contribution in [3.05, 3.63) is 0 Å². The molecule has 0 spiro atoms. The fourth-order valence-corrected chi connectivity index (χ4v) is 1.97.